The minimum absolute atomic E-state index is 0.0650. The van der Waals surface area contributed by atoms with E-state index >= 15 is 0 Å². The topological polar surface area (TPSA) is 26.0 Å². The predicted octanol–water partition coefficient (Wildman–Crippen LogP) is 2.84. The first-order valence-electron chi connectivity index (χ1n) is 2.64. The fraction of sp³-hybridized carbons (Fsp3) is 0. The second kappa shape index (κ2) is 8.20. The van der Waals surface area contributed by atoms with Crippen LogP contribution >= 0.6 is 39.5 Å². The van der Waals surface area contributed by atoms with E-state index in [1.54, 1.807) is 6.07 Å². The Bertz CT molecular complexity index is 157. The van der Waals surface area contributed by atoms with Crippen LogP contribution in [-0.4, -0.2) is 0 Å². The van der Waals surface area contributed by atoms with E-state index in [1.165, 1.54) is 0 Å². The Kier molecular flexibility index (Phi) is 9.11. The molecule has 0 aliphatic heterocycles. The number of rotatable bonds is 0. The molecule has 1 rings (SSSR count). The molecule has 0 unspecified atom stereocenters. The van der Waals surface area contributed by atoms with Crippen LogP contribution in [0.1, 0.15) is 0 Å². The van der Waals surface area contributed by atoms with Crippen LogP contribution in [0.5, 0.6) is 0 Å². The van der Waals surface area contributed by atoms with Crippen molar-refractivity contribution in [1.82, 2.24) is 0 Å². The van der Waals surface area contributed by atoms with Gasteiger partial charge in [0.15, 0.2) is 0 Å². The quantitative estimate of drug-likeness (QED) is 0.397. The first-order chi connectivity index (χ1) is 4.81. The number of hydrogen-bond acceptors (Lipinski definition) is 1. The molecule has 1 nitrogen and oxygen atoms in total. The van der Waals surface area contributed by atoms with Gasteiger partial charge in [-0.05, 0) is 18.2 Å². The third-order valence-corrected chi connectivity index (χ3v) is 0.731. The molecule has 0 amide bonds. The summed E-state index contributed by atoms with van der Waals surface area (Å²) in [5.74, 6) is 0. The summed E-state index contributed by atoms with van der Waals surface area (Å²) in [5.41, 5.74) is 6.09. The first kappa shape index (κ1) is 11.1. The molecule has 0 heterocycles. The third-order valence-electron chi connectivity index (χ3n) is 0.731. The zero-order valence-corrected chi connectivity index (χ0v) is 12.6. The van der Waals surface area contributed by atoms with Gasteiger partial charge >= 0.3 is 49.6 Å². The Morgan fingerprint density at radius 1 is 1.50 bits per heavy atom. The van der Waals surface area contributed by atoms with Gasteiger partial charge in [0, 0.05) is 5.69 Å². The van der Waals surface area contributed by atoms with E-state index in [-0.39, 0.29) is 10.1 Å². The van der Waals surface area contributed by atoms with Crippen LogP contribution in [0.25, 0.3) is 0 Å². The number of anilines is 1. The minimum atomic E-state index is 0.0650. The summed E-state index contributed by atoms with van der Waals surface area (Å²) < 4.78 is 0. The molecular weight excluding hydrogens is 405 g/mol. The summed E-state index contributed by atoms with van der Waals surface area (Å²) >= 11 is 4.93. The Hall–Kier alpha value is 1.10. The van der Waals surface area contributed by atoms with Crippen molar-refractivity contribution >= 4 is 45.2 Å². The predicted molar refractivity (Wildman–Crippen MR) is 57.7 cm³/mol. The molecule has 2 N–H and O–H groups in total. The van der Waals surface area contributed by atoms with Crippen molar-refractivity contribution < 1.29 is 10.1 Å². The standard InChI is InChI=1S/C6H6N.2HI.Zn/c7-6-4-2-1-3-5-6;;;/h1-2,4-5H,7H2;2*1H;/q;;;+2/p-2. The maximum absolute atomic E-state index is 5.33. The van der Waals surface area contributed by atoms with Crippen molar-refractivity contribution in [2.75, 3.05) is 5.73 Å². The van der Waals surface area contributed by atoms with Crippen molar-refractivity contribution in [3.63, 3.8) is 0 Å². The molecule has 51 valence electrons. The van der Waals surface area contributed by atoms with Crippen molar-refractivity contribution in [3.05, 3.63) is 30.3 Å². The van der Waals surface area contributed by atoms with E-state index in [0.717, 1.165) is 5.69 Å². The van der Waals surface area contributed by atoms with E-state index in [0.29, 0.717) is 0 Å². The summed E-state index contributed by atoms with van der Waals surface area (Å²) in [6, 6.07) is 10.1. The molecule has 0 aliphatic rings. The van der Waals surface area contributed by atoms with Gasteiger partial charge in [-0.25, -0.2) is 0 Å². The second-order valence-corrected chi connectivity index (χ2v) is 25.0. The average Bonchev–Trinajstić information content (AvgIpc) is 1.91. The van der Waals surface area contributed by atoms with Crippen molar-refractivity contribution in [1.29, 1.82) is 0 Å². The van der Waals surface area contributed by atoms with Crippen LogP contribution in [0.2, 0.25) is 0 Å². The first-order valence-corrected chi connectivity index (χ1v) is 20.7. The molecule has 0 aliphatic carbocycles. The molecule has 0 fully saturated rings. The average molecular weight is 411 g/mol. The molecule has 1 radical (unpaired) electrons. The molecule has 10 heavy (non-hydrogen) atoms. The zero-order valence-electron chi connectivity index (χ0n) is 5.35. The number of halogens is 2. The Labute approximate surface area is 90.1 Å². The van der Waals surface area contributed by atoms with E-state index in [1.807, 2.05) is 18.2 Å². The van der Waals surface area contributed by atoms with Crippen LogP contribution in [0.4, 0.5) is 5.69 Å². The molecule has 1 aromatic rings. The van der Waals surface area contributed by atoms with Crippen LogP contribution in [0.15, 0.2) is 24.3 Å². The van der Waals surface area contributed by atoms with Gasteiger partial charge in [-0.2, -0.15) is 0 Å². The van der Waals surface area contributed by atoms with Crippen molar-refractivity contribution in [2.24, 2.45) is 0 Å². The molecular formula is C6H6I2NZn. The maximum atomic E-state index is 5.33. The number of nitrogen functional groups attached to an aromatic ring is 1. The summed E-state index contributed by atoms with van der Waals surface area (Å²) in [6.45, 7) is 0. The zero-order chi connectivity index (χ0) is 7.82. The Morgan fingerprint density at radius 2 is 2.10 bits per heavy atom. The molecule has 0 saturated carbocycles. The van der Waals surface area contributed by atoms with Gasteiger partial charge in [0.2, 0.25) is 0 Å². The van der Waals surface area contributed by atoms with E-state index < -0.39 is 0 Å². The normalized spacial score (nSPS) is 7.00. The van der Waals surface area contributed by atoms with Crippen LogP contribution in [-0.2, 0) is 10.1 Å². The second-order valence-electron chi connectivity index (χ2n) is 1.44. The van der Waals surface area contributed by atoms with Gasteiger partial charge in [-0.15, -0.1) is 0 Å². The molecule has 0 atom stereocenters. The van der Waals surface area contributed by atoms with Gasteiger partial charge in [-0.3, -0.25) is 0 Å². The summed E-state index contributed by atoms with van der Waals surface area (Å²) in [6.07, 6.45) is 0. The van der Waals surface area contributed by atoms with Gasteiger partial charge in [0.05, 0.1) is 0 Å². The van der Waals surface area contributed by atoms with Gasteiger partial charge in [-0.1, -0.05) is 12.1 Å². The third kappa shape index (κ3) is 7.21. The Balaban J connectivity index is 0.000000236. The van der Waals surface area contributed by atoms with Crippen LogP contribution < -0.4 is 5.73 Å². The fourth-order valence-electron chi connectivity index (χ4n) is 0.407. The molecule has 0 bridgehead atoms. The molecule has 0 saturated heterocycles. The van der Waals surface area contributed by atoms with Gasteiger partial charge in [0.25, 0.3) is 0 Å². The van der Waals surface area contributed by atoms with Crippen molar-refractivity contribution in [2.45, 2.75) is 0 Å². The van der Waals surface area contributed by atoms with Gasteiger partial charge < -0.3 is 5.73 Å². The van der Waals surface area contributed by atoms with Crippen LogP contribution in [0, 0.1) is 6.07 Å². The fourth-order valence-corrected chi connectivity index (χ4v) is 0.407. The molecule has 0 spiro atoms. The van der Waals surface area contributed by atoms with E-state index in [2.05, 4.69) is 45.6 Å². The molecule has 1 aromatic carbocycles. The number of nitrogens with two attached hydrogens (primary N) is 1. The molecule has 0 aromatic heterocycles. The van der Waals surface area contributed by atoms with Crippen LogP contribution in [0.3, 0.4) is 0 Å². The van der Waals surface area contributed by atoms with Crippen molar-refractivity contribution in [3.8, 4) is 0 Å². The van der Waals surface area contributed by atoms with E-state index in [9.17, 15) is 0 Å². The monoisotopic (exact) mass is 410 g/mol. The Morgan fingerprint density at radius 3 is 2.30 bits per heavy atom. The molecule has 4 heteroatoms. The number of hydrogen-bond donors (Lipinski definition) is 1. The van der Waals surface area contributed by atoms with E-state index in [4.69, 9.17) is 5.73 Å². The summed E-state index contributed by atoms with van der Waals surface area (Å²) in [5, 5.41) is 0. The summed E-state index contributed by atoms with van der Waals surface area (Å²) in [4.78, 5) is 0. The SMILES string of the molecule is Nc1c[c]ccc1.[I][Zn][I]. The summed E-state index contributed by atoms with van der Waals surface area (Å²) in [7, 11) is 0.0650. The van der Waals surface area contributed by atoms with Gasteiger partial charge in [0.1, 0.15) is 0 Å². The number of benzene rings is 1.